The van der Waals surface area contributed by atoms with Crippen molar-refractivity contribution in [2.75, 3.05) is 20.2 Å². The van der Waals surface area contributed by atoms with Crippen molar-refractivity contribution >= 4 is 17.5 Å². The number of hydrogen-bond acceptors (Lipinski definition) is 3. The summed E-state index contributed by atoms with van der Waals surface area (Å²) in [4.78, 5) is 20.1. The molecular weight excluding hydrogens is 422 g/mol. The number of benzene rings is 2. The highest BCUT2D eigenvalue weighted by atomic mass is 35.5. The van der Waals surface area contributed by atoms with E-state index < -0.39 is 0 Å². The number of nitrogens with zero attached hydrogens (tertiary/aromatic N) is 3. The Morgan fingerprint density at radius 1 is 1.09 bits per heavy atom. The van der Waals surface area contributed by atoms with Crippen LogP contribution in [0.1, 0.15) is 48.6 Å². The molecule has 2 aromatic carbocycles. The van der Waals surface area contributed by atoms with Gasteiger partial charge in [-0.05, 0) is 61.1 Å². The summed E-state index contributed by atoms with van der Waals surface area (Å²) in [6.45, 7) is 2.36. The Bertz CT molecular complexity index is 1080. The highest BCUT2D eigenvalue weighted by Crippen LogP contribution is 2.50. The van der Waals surface area contributed by atoms with Crippen molar-refractivity contribution in [2.45, 2.75) is 43.6 Å². The number of imidazole rings is 1. The van der Waals surface area contributed by atoms with Gasteiger partial charge in [0.2, 0.25) is 5.91 Å². The quantitative estimate of drug-likeness (QED) is 0.530. The Kier molecular flexibility index (Phi) is 5.68. The van der Waals surface area contributed by atoms with Gasteiger partial charge < -0.3 is 14.2 Å². The number of piperidine rings is 1. The van der Waals surface area contributed by atoms with Crippen LogP contribution in [0.2, 0.25) is 5.02 Å². The van der Waals surface area contributed by atoms with Crippen molar-refractivity contribution in [3.8, 4) is 5.75 Å². The third-order valence-corrected chi connectivity index (χ3v) is 7.22. The predicted octanol–water partition coefficient (Wildman–Crippen LogP) is 5.03. The molecule has 6 heteroatoms. The van der Waals surface area contributed by atoms with Crippen LogP contribution in [-0.2, 0) is 16.8 Å². The molecule has 166 valence electrons. The summed E-state index contributed by atoms with van der Waals surface area (Å²) < 4.78 is 7.49. The van der Waals surface area contributed by atoms with Gasteiger partial charge in [-0.1, -0.05) is 35.9 Å². The highest BCUT2D eigenvalue weighted by Gasteiger charge is 2.53. The topological polar surface area (TPSA) is 47.4 Å². The standard InChI is InChI=1S/C26H28ClN3O2/c1-32-23-8-2-19(3-9-23)18-30-17-14-28-24(30)20-10-15-29(16-11-20)25(31)26(12-13-26)21-4-6-22(27)7-5-21/h2-9,14,17,20H,10-13,15-16,18H2,1H3. The molecule has 1 saturated carbocycles. The molecule has 5 rings (SSSR count). The third kappa shape index (κ3) is 4.02. The van der Waals surface area contributed by atoms with E-state index in [0.29, 0.717) is 10.9 Å². The SMILES string of the molecule is COc1ccc(Cn2ccnc2C2CCN(C(=O)C3(c4ccc(Cl)cc4)CC3)CC2)cc1. The van der Waals surface area contributed by atoms with Crippen LogP contribution >= 0.6 is 11.6 Å². The minimum atomic E-state index is -0.329. The number of rotatable bonds is 6. The zero-order valence-electron chi connectivity index (χ0n) is 18.3. The molecule has 1 aromatic heterocycles. The highest BCUT2D eigenvalue weighted by molar-refractivity contribution is 6.30. The fourth-order valence-corrected chi connectivity index (χ4v) is 5.03. The van der Waals surface area contributed by atoms with Crippen molar-refractivity contribution in [2.24, 2.45) is 0 Å². The average molecular weight is 450 g/mol. The number of methoxy groups -OCH3 is 1. The first-order valence-corrected chi connectivity index (χ1v) is 11.7. The van der Waals surface area contributed by atoms with E-state index in [1.165, 1.54) is 5.56 Å². The summed E-state index contributed by atoms with van der Waals surface area (Å²) in [5.74, 6) is 2.63. The summed E-state index contributed by atoms with van der Waals surface area (Å²) in [6, 6.07) is 16.0. The zero-order valence-corrected chi connectivity index (χ0v) is 19.1. The van der Waals surface area contributed by atoms with Crippen LogP contribution in [0.5, 0.6) is 5.75 Å². The third-order valence-electron chi connectivity index (χ3n) is 6.96. The van der Waals surface area contributed by atoms with Gasteiger partial charge in [-0.3, -0.25) is 4.79 Å². The number of hydrogen-bond donors (Lipinski definition) is 0. The van der Waals surface area contributed by atoms with E-state index in [2.05, 4.69) is 32.8 Å². The van der Waals surface area contributed by atoms with Gasteiger partial charge in [0.15, 0.2) is 0 Å². The molecule has 2 aliphatic rings. The van der Waals surface area contributed by atoms with Crippen LogP contribution in [0, 0.1) is 0 Å². The maximum atomic E-state index is 13.4. The number of carbonyl (C=O) groups is 1. The Hall–Kier alpha value is -2.79. The van der Waals surface area contributed by atoms with Crippen LogP contribution in [0.15, 0.2) is 60.9 Å². The number of aromatic nitrogens is 2. The molecule has 1 amide bonds. The first kappa shape index (κ1) is 21.1. The second kappa shape index (κ2) is 8.62. The van der Waals surface area contributed by atoms with Crippen LogP contribution in [0.4, 0.5) is 0 Å². The monoisotopic (exact) mass is 449 g/mol. The summed E-state index contributed by atoms with van der Waals surface area (Å²) in [6.07, 6.45) is 7.69. The van der Waals surface area contributed by atoms with E-state index in [4.69, 9.17) is 16.3 Å². The lowest BCUT2D eigenvalue weighted by Gasteiger charge is -2.34. The van der Waals surface area contributed by atoms with Crippen LogP contribution in [0.3, 0.4) is 0 Å². The second-order valence-electron chi connectivity index (χ2n) is 8.92. The van der Waals surface area contributed by atoms with Gasteiger partial charge in [0.25, 0.3) is 0 Å². The number of ether oxygens (including phenoxy) is 1. The molecule has 0 bridgehead atoms. The lowest BCUT2D eigenvalue weighted by Crippen LogP contribution is -2.44. The van der Waals surface area contributed by atoms with Crippen LogP contribution in [0.25, 0.3) is 0 Å². The molecule has 0 N–H and O–H groups in total. The minimum absolute atomic E-state index is 0.278. The zero-order chi connectivity index (χ0) is 22.1. The fourth-order valence-electron chi connectivity index (χ4n) is 4.91. The predicted molar refractivity (Wildman–Crippen MR) is 125 cm³/mol. The molecule has 0 atom stereocenters. The summed E-state index contributed by atoms with van der Waals surface area (Å²) in [7, 11) is 1.68. The largest absolute Gasteiger partial charge is 0.497 e. The maximum Gasteiger partial charge on any atom is 0.233 e. The molecule has 32 heavy (non-hydrogen) atoms. The van der Waals surface area contributed by atoms with Gasteiger partial charge in [0.1, 0.15) is 11.6 Å². The Labute approximate surface area is 194 Å². The second-order valence-corrected chi connectivity index (χ2v) is 9.35. The Balaban J connectivity index is 1.23. The van der Waals surface area contributed by atoms with Gasteiger partial charge in [0, 0.05) is 43.0 Å². The van der Waals surface area contributed by atoms with E-state index in [9.17, 15) is 4.79 Å². The Morgan fingerprint density at radius 3 is 2.41 bits per heavy atom. The molecule has 3 aromatic rings. The van der Waals surface area contributed by atoms with Crippen molar-refractivity contribution in [3.05, 3.63) is 82.9 Å². The number of amides is 1. The molecule has 5 nitrogen and oxygen atoms in total. The van der Waals surface area contributed by atoms with Crippen molar-refractivity contribution in [1.82, 2.24) is 14.5 Å². The minimum Gasteiger partial charge on any atom is -0.497 e. The Morgan fingerprint density at radius 2 is 1.78 bits per heavy atom. The summed E-state index contributed by atoms with van der Waals surface area (Å²) >= 11 is 6.04. The smallest absolute Gasteiger partial charge is 0.233 e. The molecular formula is C26H28ClN3O2. The lowest BCUT2D eigenvalue weighted by atomic mass is 9.91. The lowest BCUT2D eigenvalue weighted by molar-refractivity contribution is -0.135. The van der Waals surface area contributed by atoms with E-state index in [1.54, 1.807) is 7.11 Å². The first-order chi connectivity index (χ1) is 15.6. The van der Waals surface area contributed by atoms with E-state index in [0.717, 1.165) is 62.5 Å². The summed E-state index contributed by atoms with van der Waals surface area (Å²) in [5, 5.41) is 0.711. The van der Waals surface area contributed by atoms with Crippen molar-refractivity contribution < 1.29 is 9.53 Å². The van der Waals surface area contributed by atoms with Crippen molar-refractivity contribution in [1.29, 1.82) is 0 Å². The summed E-state index contributed by atoms with van der Waals surface area (Å²) in [5.41, 5.74) is 1.99. The van der Waals surface area contributed by atoms with Crippen molar-refractivity contribution in [3.63, 3.8) is 0 Å². The molecule has 0 radical (unpaired) electrons. The molecule has 0 unspecified atom stereocenters. The molecule has 1 aliphatic heterocycles. The number of carbonyl (C=O) groups excluding carboxylic acids is 1. The maximum absolute atomic E-state index is 13.4. The first-order valence-electron chi connectivity index (χ1n) is 11.3. The van der Waals surface area contributed by atoms with Crippen LogP contribution < -0.4 is 4.74 Å². The molecule has 1 aliphatic carbocycles. The number of likely N-dealkylation sites (tertiary alicyclic amines) is 1. The van der Waals surface area contributed by atoms with Gasteiger partial charge in [0.05, 0.1) is 12.5 Å². The van der Waals surface area contributed by atoms with Gasteiger partial charge in [-0.2, -0.15) is 0 Å². The number of halogens is 1. The van der Waals surface area contributed by atoms with Gasteiger partial charge in [-0.25, -0.2) is 4.98 Å². The van der Waals surface area contributed by atoms with E-state index in [1.807, 2.05) is 42.6 Å². The van der Waals surface area contributed by atoms with E-state index >= 15 is 0 Å². The molecule has 1 saturated heterocycles. The van der Waals surface area contributed by atoms with E-state index in [-0.39, 0.29) is 11.3 Å². The van der Waals surface area contributed by atoms with Gasteiger partial charge >= 0.3 is 0 Å². The normalized spacial score (nSPS) is 17.9. The van der Waals surface area contributed by atoms with Crippen LogP contribution in [-0.4, -0.2) is 40.6 Å². The molecule has 2 heterocycles. The molecule has 2 fully saturated rings. The fraction of sp³-hybridized carbons (Fsp3) is 0.385. The average Bonchev–Trinajstić information content (AvgIpc) is 3.52. The molecule has 0 spiro atoms. The van der Waals surface area contributed by atoms with Gasteiger partial charge in [-0.15, -0.1) is 0 Å².